The van der Waals surface area contributed by atoms with Gasteiger partial charge in [0.25, 0.3) is 0 Å². The molecular formula is C18H35NO3Si. The van der Waals surface area contributed by atoms with Gasteiger partial charge in [-0.2, -0.15) is 0 Å². The summed E-state index contributed by atoms with van der Waals surface area (Å²) in [4.78, 5) is 14.6. The van der Waals surface area contributed by atoms with E-state index in [-0.39, 0.29) is 29.3 Å². The smallest absolute Gasteiger partial charge is 0.323 e. The van der Waals surface area contributed by atoms with Gasteiger partial charge in [0.1, 0.15) is 12.1 Å². The molecule has 134 valence electrons. The van der Waals surface area contributed by atoms with Crippen LogP contribution in [0.25, 0.3) is 0 Å². The first-order valence-corrected chi connectivity index (χ1v) is 12.1. The van der Waals surface area contributed by atoms with Crippen molar-refractivity contribution >= 4 is 14.3 Å². The predicted molar refractivity (Wildman–Crippen MR) is 96.1 cm³/mol. The van der Waals surface area contributed by atoms with Gasteiger partial charge in [0.2, 0.25) is 0 Å². The molecule has 0 amide bonds. The van der Waals surface area contributed by atoms with Gasteiger partial charge in [0.15, 0.2) is 8.32 Å². The van der Waals surface area contributed by atoms with Gasteiger partial charge in [-0.25, -0.2) is 0 Å². The molecule has 1 aliphatic heterocycles. The van der Waals surface area contributed by atoms with E-state index in [1.165, 1.54) is 19.3 Å². The second kappa shape index (κ2) is 7.24. The molecule has 23 heavy (non-hydrogen) atoms. The molecule has 0 aromatic rings. The minimum absolute atomic E-state index is 0.0410. The molecule has 0 bridgehead atoms. The van der Waals surface area contributed by atoms with Gasteiger partial charge in [-0.15, -0.1) is 0 Å². The van der Waals surface area contributed by atoms with Crippen LogP contribution >= 0.6 is 0 Å². The second-order valence-corrected chi connectivity index (χ2v) is 13.6. The summed E-state index contributed by atoms with van der Waals surface area (Å²) >= 11 is 0. The highest BCUT2D eigenvalue weighted by Gasteiger charge is 2.43. The number of ether oxygens (including phenoxy) is 1. The van der Waals surface area contributed by atoms with Crippen LogP contribution in [0.5, 0.6) is 0 Å². The van der Waals surface area contributed by atoms with Gasteiger partial charge in [0.05, 0.1) is 6.10 Å². The lowest BCUT2D eigenvalue weighted by Gasteiger charge is -2.38. The molecular weight excluding hydrogens is 306 g/mol. The third kappa shape index (κ3) is 4.80. The summed E-state index contributed by atoms with van der Waals surface area (Å²) in [5.74, 6) is -0.0410. The zero-order valence-electron chi connectivity index (χ0n) is 15.9. The van der Waals surface area contributed by atoms with Gasteiger partial charge in [-0.1, -0.05) is 27.2 Å². The molecule has 2 aliphatic rings. The van der Waals surface area contributed by atoms with E-state index < -0.39 is 8.32 Å². The quantitative estimate of drug-likeness (QED) is 0.573. The van der Waals surface area contributed by atoms with E-state index in [2.05, 4.69) is 38.8 Å². The molecule has 4 nitrogen and oxygen atoms in total. The number of hydrogen-bond acceptors (Lipinski definition) is 4. The Bertz CT molecular complexity index is 413. The maximum atomic E-state index is 12.5. The van der Waals surface area contributed by atoms with Crippen molar-refractivity contribution in [3.05, 3.63) is 0 Å². The predicted octanol–water partition coefficient (Wildman–Crippen LogP) is 3.96. The fourth-order valence-corrected chi connectivity index (χ4v) is 4.69. The number of nitrogens with zero attached hydrogens (tertiary/aromatic N) is 1. The van der Waals surface area contributed by atoms with Crippen molar-refractivity contribution in [1.29, 1.82) is 0 Å². The summed E-state index contributed by atoms with van der Waals surface area (Å²) < 4.78 is 12.3. The molecule has 2 fully saturated rings. The van der Waals surface area contributed by atoms with E-state index in [1.807, 2.05) is 7.05 Å². The summed E-state index contributed by atoms with van der Waals surface area (Å²) in [5.41, 5.74) is 0. The van der Waals surface area contributed by atoms with Crippen LogP contribution < -0.4 is 0 Å². The lowest BCUT2D eigenvalue weighted by atomic mass is 9.98. The fourth-order valence-electron chi connectivity index (χ4n) is 3.33. The normalized spacial score (nSPS) is 28.1. The Labute approximate surface area is 143 Å². The molecule has 0 unspecified atom stereocenters. The fraction of sp³-hybridized carbons (Fsp3) is 0.944. The van der Waals surface area contributed by atoms with Gasteiger partial charge in [0, 0.05) is 6.54 Å². The Morgan fingerprint density at radius 3 is 2.26 bits per heavy atom. The highest BCUT2D eigenvalue weighted by atomic mass is 28.4. The van der Waals surface area contributed by atoms with Gasteiger partial charge >= 0.3 is 5.97 Å². The van der Waals surface area contributed by atoms with Gasteiger partial charge in [-0.05, 0) is 57.3 Å². The van der Waals surface area contributed by atoms with Crippen molar-refractivity contribution in [2.75, 3.05) is 13.6 Å². The molecule has 0 aromatic heterocycles. The lowest BCUT2D eigenvalue weighted by Crippen LogP contribution is -2.44. The number of esters is 1. The maximum absolute atomic E-state index is 12.5. The number of carbonyl (C=O) groups excluding carboxylic acids is 1. The summed E-state index contributed by atoms with van der Waals surface area (Å²) in [7, 11) is 0.231. The Morgan fingerprint density at radius 2 is 1.70 bits per heavy atom. The highest BCUT2D eigenvalue weighted by Crippen LogP contribution is 2.38. The summed E-state index contributed by atoms with van der Waals surface area (Å²) in [6, 6.07) is -0.133. The first-order chi connectivity index (χ1) is 10.6. The van der Waals surface area contributed by atoms with E-state index in [0.29, 0.717) is 0 Å². The molecule has 2 atom stereocenters. The Hall–Kier alpha value is -0.393. The monoisotopic (exact) mass is 341 g/mol. The molecule has 1 saturated carbocycles. The molecule has 0 N–H and O–H groups in total. The van der Waals surface area contributed by atoms with Crippen molar-refractivity contribution < 1.29 is 14.0 Å². The minimum Gasteiger partial charge on any atom is -0.461 e. The first kappa shape index (κ1) is 18.9. The third-order valence-corrected chi connectivity index (χ3v) is 10.4. The minimum atomic E-state index is -1.79. The Balaban J connectivity index is 1.89. The molecule has 2 rings (SSSR count). The number of hydrogen-bond donors (Lipinski definition) is 0. The second-order valence-electron chi connectivity index (χ2n) is 8.89. The van der Waals surface area contributed by atoms with E-state index >= 15 is 0 Å². The van der Waals surface area contributed by atoms with Crippen LogP contribution in [0.4, 0.5) is 0 Å². The van der Waals surface area contributed by atoms with Crippen LogP contribution in [0.2, 0.25) is 18.1 Å². The van der Waals surface area contributed by atoms with Crippen molar-refractivity contribution in [1.82, 2.24) is 4.90 Å². The van der Waals surface area contributed by atoms with E-state index in [9.17, 15) is 4.79 Å². The number of likely N-dealkylation sites (N-methyl/N-ethyl adjacent to an activating group) is 1. The molecule has 0 spiro atoms. The Morgan fingerprint density at radius 1 is 1.09 bits per heavy atom. The largest absolute Gasteiger partial charge is 0.461 e. The third-order valence-electron chi connectivity index (χ3n) is 5.88. The number of likely N-dealkylation sites (tertiary alicyclic amines) is 1. The topological polar surface area (TPSA) is 38.8 Å². The van der Waals surface area contributed by atoms with Crippen molar-refractivity contribution in [2.24, 2.45) is 0 Å². The van der Waals surface area contributed by atoms with Crippen LogP contribution in [0.1, 0.15) is 59.3 Å². The van der Waals surface area contributed by atoms with Crippen LogP contribution in [0, 0.1) is 0 Å². The zero-order chi connectivity index (χ0) is 17.3. The lowest BCUT2D eigenvalue weighted by molar-refractivity contribution is -0.155. The molecule has 1 heterocycles. The van der Waals surface area contributed by atoms with Crippen LogP contribution in [0.15, 0.2) is 0 Å². The summed E-state index contributed by atoms with van der Waals surface area (Å²) in [6.45, 7) is 12.2. The first-order valence-electron chi connectivity index (χ1n) is 9.19. The van der Waals surface area contributed by atoms with Crippen molar-refractivity contribution in [3.8, 4) is 0 Å². The summed E-state index contributed by atoms with van der Waals surface area (Å²) in [5, 5.41) is 0.201. The van der Waals surface area contributed by atoms with Gasteiger partial charge < -0.3 is 9.16 Å². The number of carbonyl (C=O) groups is 1. The average Bonchev–Trinajstić information content (AvgIpc) is 2.78. The molecule has 1 saturated heterocycles. The standard InChI is InChI=1S/C18H35NO3Si/c1-18(2,3)23(5,6)22-15-12-16(19(4)13-15)17(20)21-14-10-8-7-9-11-14/h14-16H,7-13H2,1-6H3/t15-,16-/m1/s1. The van der Waals surface area contributed by atoms with Crippen LogP contribution in [0.3, 0.4) is 0 Å². The summed E-state index contributed by atoms with van der Waals surface area (Å²) in [6.07, 6.45) is 6.80. The van der Waals surface area contributed by atoms with Crippen LogP contribution in [-0.2, 0) is 14.0 Å². The van der Waals surface area contributed by atoms with Crippen molar-refractivity contribution in [2.45, 2.75) is 95.7 Å². The van der Waals surface area contributed by atoms with Crippen molar-refractivity contribution in [3.63, 3.8) is 0 Å². The van der Waals surface area contributed by atoms with Gasteiger partial charge in [-0.3, -0.25) is 9.69 Å². The number of rotatable bonds is 4. The highest BCUT2D eigenvalue weighted by molar-refractivity contribution is 6.74. The van der Waals surface area contributed by atoms with Crippen LogP contribution in [-0.4, -0.2) is 51.0 Å². The zero-order valence-corrected chi connectivity index (χ0v) is 16.9. The molecule has 0 aromatic carbocycles. The average molecular weight is 342 g/mol. The Kier molecular flexibility index (Phi) is 5.96. The molecule has 0 radical (unpaired) electrons. The maximum Gasteiger partial charge on any atom is 0.323 e. The SMILES string of the molecule is CN1C[C@H](O[Si](C)(C)C(C)(C)C)C[C@@H]1C(=O)OC1CCCCC1. The van der Waals surface area contributed by atoms with E-state index in [0.717, 1.165) is 25.8 Å². The van der Waals surface area contributed by atoms with E-state index in [1.54, 1.807) is 0 Å². The van der Waals surface area contributed by atoms with E-state index in [4.69, 9.17) is 9.16 Å². The molecule has 5 heteroatoms. The molecule has 1 aliphatic carbocycles.